The number of carbonyl (C=O) groups is 1. The molecule has 1 N–H and O–H groups in total. The van der Waals surface area contributed by atoms with Crippen LogP contribution < -0.4 is 5.32 Å². The Bertz CT molecular complexity index is 335. The van der Waals surface area contributed by atoms with E-state index in [2.05, 4.69) is 26.2 Å². The van der Waals surface area contributed by atoms with Crippen LogP contribution in [0.4, 0.5) is 0 Å². The van der Waals surface area contributed by atoms with Crippen LogP contribution in [0.5, 0.6) is 0 Å². The summed E-state index contributed by atoms with van der Waals surface area (Å²) in [5.74, 6) is -0.0324. The summed E-state index contributed by atoms with van der Waals surface area (Å²) in [6.45, 7) is 0. The van der Waals surface area contributed by atoms with Crippen LogP contribution in [0.2, 0.25) is 0 Å². The first-order chi connectivity index (χ1) is 6.76. The largest absolute Gasteiger partial charge is 0.346 e. The van der Waals surface area contributed by atoms with Gasteiger partial charge in [0.15, 0.2) is 0 Å². The zero-order chi connectivity index (χ0) is 10.0. The molecule has 4 heteroatoms. The summed E-state index contributed by atoms with van der Waals surface area (Å²) in [7, 11) is 0. The fraction of sp³-hybridized carbons (Fsp3) is 0.400. The highest BCUT2D eigenvalue weighted by Gasteiger charge is 2.42. The average molecular weight is 255 g/mol. The minimum Gasteiger partial charge on any atom is -0.346 e. The summed E-state index contributed by atoms with van der Waals surface area (Å²) in [6, 6.07) is 3.54. The Labute approximate surface area is 91.0 Å². The van der Waals surface area contributed by atoms with E-state index < -0.39 is 0 Å². The number of pyridine rings is 1. The number of halogens is 1. The smallest absolute Gasteiger partial charge is 0.253 e. The van der Waals surface area contributed by atoms with Crippen molar-refractivity contribution in [3.63, 3.8) is 0 Å². The zero-order valence-corrected chi connectivity index (χ0v) is 9.25. The molecular weight excluding hydrogens is 244 g/mol. The lowest BCUT2D eigenvalue weighted by Crippen LogP contribution is -2.38. The normalized spacial score (nSPS) is 17.5. The quantitative estimate of drug-likeness (QED) is 0.836. The number of nitrogens with one attached hydrogen (secondary N) is 1. The minimum atomic E-state index is -0.0324. The van der Waals surface area contributed by atoms with Crippen LogP contribution in [0.15, 0.2) is 24.5 Å². The molecule has 0 aromatic carbocycles. The molecule has 74 valence electrons. The number of nitrogens with zero attached hydrogens (tertiary/aromatic N) is 1. The van der Waals surface area contributed by atoms with Crippen LogP contribution in [0.1, 0.15) is 23.2 Å². The van der Waals surface area contributed by atoms with Gasteiger partial charge in [0.25, 0.3) is 5.91 Å². The Morgan fingerprint density at radius 1 is 1.64 bits per heavy atom. The Hall–Kier alpha value is -0.900. The van der Waals surface area contributed by atoms with Crippen LogP contribution in [0, 0.1) is 0 Å². The van der Waals surface area contributed by atoms with E-state index in [0.29, 0.717) is 5.56 Å². The monoisotopic (exact) mass is 254 g/mol. The summed E-state index contributed by atoms with van der Waals surface area (Å²) in [5.41, 5.74) is 0.632. The van der Waals surface area contributed by atoms with Crippen molar-refractivity contribution < 1.29 is 4.79 Å². The van der Waals surface area contributed by atoms with Gasteiger partial charge in [-0.25, -0.2) is 0 Å². The summed E-state index contributed by atoms with van der Waals surface area (Å²) in [5, 5.41) is 3.83. The first-order valence-corrected chi connectivity index (χ1v) is 5.66. The molecule has 0 saturated heterocycles. The van der Waals surface area contributed by atoms with Crippen LogP contribution in [-0.2, 0) is 0 Å². The van der Waals surface area contributed by atoms with Crippen molar-refractivity contribution in [2.24, 2.45) is 0 Å². The van der Waals surface area contributed by atoms with E-state index in [1.54, 1.807) is 24.5 Å². The maximum absolute atomic E-state index is 11.7. The average Bonchev–Trinajstić information content (AvgIpc) is 3.00. The Balaban J connectivity index is 2.03. The predicted molar refractivity (Wildman–Crippen MR) is 57.5 cm³/mol. The van der Waals surface area contributed by atoms with Crippen molar-refractivity contribution >= 4 is 21.8 Å². The zero-order valence-electron chi connectivity index (χ0n) is 7.66. The molecule has 0 atom stereocenters. The van der Waals surface area contributed by atoms with Gasteiger partial charge in [0.05, 0.1) is 11.1 Å². The second-order valence-electron chi connectivity index (χ2n) is 3.61. The van der Waals surface area contributed by atoms with Gasteiger partial charge in [-0.1, -0.05) is 15.9 Å². The molecule has 1 heterocycles. The molecule has 14 heavy (non-hydrogen) atoms. The lowest BCUT2D eigenvalue weighted by Gasteiger charge is -2.13. The molecule has 2 rings (SSSR count). The van der Waals surface area contributed by atoms with E-state index in [0.717, 1.165) is 18.2 Å². The van der Waals surface area contributed by atoms with Gasteiger partial charge in [-0.05, 0) is 25.0 Å². The van der Waals surface area contributed by atoms with Gasteiger partial charge in [-0.2, -0.15) is 0 Å². The van der Waals surface area contributed by atoms with Crippen molar-refractivity contribution in [3.8, 4) is 0 Å². The fourth-order valence-corrected chi connectivity index (χ4v) is 1.95. The molecule has 1 saturated carbocycles. The van der Waals surface area contributed by atoms with Crippen molar-refractivity contribution in [2.75, 3.05) is 5.33 Å². The van der Waals surface area contributed by atoms with E-state index >= 15 is 0 Å². The second-order valence-corrected chi connectivity index (χ2v) is 4.17. The Kier molecular flexibility index (Phi) is 2.54. The van der Waals surface area contributed by atoms with E-state index in [9.17, 15) is 4.79 Å². The number of alkyl halides is 1. The van der Waals surface area contributed by atoms with Crippen molar-refractivity contribution in [1.29, 1.82) is 0 Å². The summed E-state index contributed by atoms with van der Waals surface area (Å²) in [4.78, 5) is 15.6. The Morgan fingerprint density at radius 3 is 2.93 bits per heavy atom. The fourth-order valence-electron chi connectivity index (χ4n) is 1.25. The molecule has 1 amide bonds. The topological polar surface area (TPSA) is 42.0 Å². The third-order valence-corrected chi connectivity index (χ3v) is 3.49. The van der Waals surface area contributed by atoms with Gasteiger partial charge in [-0.3, -0.25) is 9.78 Å². The number of amides is 1. The van der Waals surface area contributed by atoms with Crippen molar-refractivity contribution in [1.82, 2.24) is 10.3 Å². The van der Waals surface area contributed by atoms with Crippen LogP contribution >= 0.6 is 15.9 Å². The molecule has 1 aliphatic rings. The lowest BCUT2D eigenvalue weighted by atomic mass is 10.2. The van der Waals surface area contributed by atoms with E-state index in [1.165, 1.54) is 0 Å². The van der Waals surface area contributed by atoms with Gasteiger partial charge in [-0.15, -0.1) is 0 Å². The maximum atomic E-state index is 11.7. The highest BCUT2D eigenvalue weighted by atomic mass is 79.9. The summed E-state index contributed by atoms with van der Waals surface area (Å²) in [6.07, 6.45) is 5.36. The van der Waals surface area contributed by atoms with Crippen molar-refractivity contribution in [3.05, 3.63) is 30.1 Å². The van der Waals surface area contributed by atoms with Crippen LogP contribution in [-0.4, -0.2) is 21.8 Å². The van der Waals surface area contributed by atoms with Gasteiger partial charge < -0.3 is 5.32 Å². The molecule has 0 bridgehead atoms. The molecule has 1 aliphatic carbocycles. The molecular formula is C10H11BrN2O. The third kappa shape index (κ3) is 1.95. The number of carbonyl (C=O) groups excluding carboxylic acids is 1. The van der Waals surface area contributed by atoms with Crippen molar-refractivity contribution in [2.45, 2.75) is 18.4 Å². The minimum absolute atomic E-state index is 0.00687. The highest BCUT2D eigenvalue weighted by molar-refractivity contribution is 9.09. The molecule has 0 radical (unpaired) electrons. The molecule has 1 fully saturated rings. The van der Waals surface area contributed by atoms with Crippen LogP contribution in [0.3, 0.4) is 0 Å². The third-order valence-electron chi connectivity index (χ3n) is 2.41. The number of rotatable bonds is 3. The molecule has 1 aromatic heterocycles. The molecule has 0 unspecified atom stereocenters. The first-order valence-electron chi connectivity index (χ1n) is 4.54. The SMILES string of the molecule is O=C(NC1(CBr)CC1)c1cccnc1. The van der Waals surface area contributed by atoms with E-state index in [1.807, 2.05) is 0 Å². The van der Waals surface area contributed by atoms with Crippen LogP contribution in [0.25, 0.3) is 0 Å². The van der Waals surface area contributed by atoms with Gasteiger partial charge >= 0.3 is 0 Å². The van der Waals surface area contributed by atoms with E-state index in [-0.39, 0.29) is 11.4 Å². The number of aromatic nitrogens is 1. The molecule has 1 aromatic rings. The van der Waals surface area contributed by atoms with E-state index in [4.69, 9.17) is 0 Å². The van der Waals surface area contributed by atoms with Gasteiger partial charge in [0, 0.05) is 17.7 Å². The molecule has 3 nitrogen and oxygen atoms in total. The Morgan fingerprint density at radius 2 is 2.43 bits per heavy atom. The predicted octanol–water partition coefficient (Wildman–Crippen LogP) is 1.74. The van der Waals surface area contributed by atoms with Gasteiger partial charge in [0.2, 0.25) is 0 Å². The lowest BCUT2D eigenvalue weighted by molar-refractivity contribution is 0.0936. The standard InChI is InChI=1S/C10H11BrN2O/c11-7-10(3-4-10)13-9(14)8-2-1-5-12-6-8/h1-2,5-6H,3-4,7H2,(H,13,14). The first kappa shape index (κ1) is 9.65. The number of hydrogen-bond acceptors (Lipinski definition) is 2. The maximum Gasteiger partial charge on any atom is 0.253 e. The summed E-state index contributed by atoms with van der Waals surface area (Å²) < 4.78 is 0. The van der Waals surface area contributed by atoms with Gasteiger partial charge in [0.1, 0.15) is 0 Å². The highest BCUT2D eigenvalue weighted by Crippen LogP contribution is 2.37. The molecule has 0 aliphatic heterocycles. The summed E-state index contributed by atoms with van der Waals surface area (Å²) >= 11 is 3.40. The second kappa shape index (κ2) is 3.69. The number of hydrogen-bond donors (Lipinski definition) is 1. The molecule has 0 spiro atoms.